The van der Waals surface area contributed by atoms with E-state index in [1.54, 1.807) is 19.1 Å². The van der Waals surface area contributed by atoms with Gasteiger partial charge in [-0.05, 0) is 68.9 Å². The van der Waals surface area contributed by atoms with Crippen molar-refractivity contribution in [1.82, 2.24) is 5.32 Å². The normalized spacial score (nSPS) is 13.4. The number of carbonyl (C=O) groups excluding carboxylic acids is 2. The monoisotopic (exact) mass is 628 g/mol. The molecule has 4 aromatic rings. The number of benzene rings is 4. The Bertz CT molecular complexity index is 1560. The SMILES string of the molecule is C[C@@H](OCc1ccccc1)[C@H](NC(=O)c1cc(NC(=O)OCC2c3ccccc3-c3ccccc32)ccc1Br)C(=O)O. The number of hydrogen-bond donors (Lipinski definition) is 3. The molecule has 0 unspecified atom stereocenters. The lowest BCUT2D eigenvalue weighted by Gasteiger charge is -2.22. The van der Waals surface area contributed by atoms with Gasteiger partial charge in [-0.2, -0.15) is 0 Å². The van der Waals surface area contributed by atoms with Crippen LogP contribution >= 0.6 is 15.9 Å². The Morgan fingerprint density at radius 3 is 2.14 bits per heavy atom. The summed E-state index contributed by atoms with van der Waals surface area (Å²) in [6.07, 6.45) is -1.48. The van der Waals surface area contributed by atoms with Gasteiger partial charge in [0, 0.05) is 16.1 Å². The van der Waals surface area contributed by atoms with Gasteiger partial charge in [0.2, 0.25) is 0 Å². The fraction of sp³-hybridized carbons (Fsp3) is 0.182. The molecule has 0 aromatic heterocycles. The third-order valence-electron chi connectivity index (χ3n) is 7.18. The van der Waals surface area contributed by atoms with E-state index in [1.807, 2.05) is 66.7 Å². The number of fused-ring (bicyclic) bond motifs is 3. The Morgan fingerprint density at radius 2 is 1.50 bits per heavy atom. The van der Waals surface area contributed by atoms with Gasteiger partial charge in [-0.15, -0.1) is 0 Å². The first-order valence-electron chi connectivity index (χ1n) is 13.4. The molecule has 0 bridgehead atoms. The van der Waals surface area contributed by atoms with Crippen LogP contribution in [0, 0.1) is 0 Å². The molecule has 0 saturated heterocycles. The zero-order chi connectivity index (χ0) is 29.6. The van der Waals surface area contributed by atoms with Gasteiger partial charge in [0.1, 0.15) is 6.61 Å². The van der Waals surface area contributed by atoms with Crippen LogP contribution in [0.5, 0.6) is 0 Å². The van der Waals surface area contributed by atoms with Crippen molar-refractivity contribution in [2.24, 2.45) is 0 Å². The summed E-state index contributed by atoms with van der Waals surface area (Å²) in [6.45, 7) is 1.93. The Morgan fingerprint density at radius 1 is 0.881 bits per heavy atom. The van der Waals surface area contributed by atoms with Crippen molar-refractivity contribution >= 4 is 39.6 Å². The molecule has 2 atom stereocenters. The van der Waals surface area contributed by atoms with Crippen molar-refractivity contribution in [2.45, 2.75) is 31.6 Å². The second-order valence-corrected chi connectivity index (χ2v) is 10.8. The van der Waals surface area contributed by atoms with Crippen molar-refractivity contribution in [3.8, 4) is 11.1 Å². The number of amides is 2. The molecule has 1 aliphatic rings. The average molecular weight is 630 g/mol. The number of aliphatic carboxylic acids is 1. The minimum Gasteiger partial charge on any atom is -0.480 e. The fourth-order valence-corrected chi connectivity index (χ4v) is 5.45. The Hall–Kier alpha value is -4.47. The summed E-state index contributed by atoms with van der Waals surface area (Å²) in [7, 11) is 0. The second kappa shape index (κ2) is 13.0. The van der Waals surface area contributed by atoms with E-state index in [0.717, 1.165) is 27.8 Å². The van der Waals surface area contributed by atoms with Crippen molar-refractivity contribution < 1.29 is 29.0 Å². The van der Waals surface area contributed by atoms with E-state index in [1.165, 1.54) is 6.07 Å². The molecule has 2 amide bonds. The lowest BCUT2D eigenvalue weighted by molar-refractivity contribution is -0.143. The standard InChI is InChI=1S/C33H29BrN2O6/c1-20(41-18-21-9-3-2-4-10-21)30(32(38)39)36-31(37)27-17-22(15-16-29(27)34)35-33(40)42-19-28-25-13-7-5-11-23(25)24-12-6-8-14-26(24)28/h2-17,20,28,30H,18-19H2,1H3,(H,35,40)(H,36,37)(H,38,39)/t20-,30+/m1/s1. The molecule has 0 radical (unpaired) electrons. The largest absolute Gasteiger partial charge is 0.480 e. The topological polar surface area (TPSA) is 114 Å². The van der Waals surface area contributed by atoms with E-state index in [4.69, 9.17) is 9.47 Å². The summed E-state index contributed by atoms with van der Waals surface area (Å²) < 4.78 is 11.8. The molecular formula is C33H29BrN2O6. The maximum Gasteiger partial charge on any atom is 0.411 e. The smallest absolute Gasteiger partial charge is 0.411 e. The van der Waals surface area contributed by atoms with E-state index in [0.29, 0.717) is 10.2 Å². The van der Waals surface area contributed by atoms with E-state index in [9.17, 15) is 19.5 Å². The van der Waals surface area contributed by atoms with Gasteiger partial charge in [0.25, 0.3) is 5.91 Å². The minimum absolute atomic E-state index is 0.0894. The zero-order valence-corrected chi connectivity index (χ0v) is 24.3. The third kappa shape index (κ3) is 6.53. The Labute approximate surface area is 251 Å². The lowest BCUT2D eigenvalue weighted by atomic mass is 9.98. The molecule has 4 aromatic carbocycles. The van der Waals surface area contributed by atoms with E-state index in [-0.39, 0.29) is 24.7 Å². The van der Waals surface area contributed by atoms with Crippen molar-refractivity contribution in [3.05, 3.63) is 124 Å². The van der Waals surface area contributed by atoms with Crippen LogP contribution in [0.3, 0.4) is 0 Å². The summed E-state index contributed by atoms with van der Waals surface area (Å²) >= 11 is 3.35. The van der Waals surface area contributed by atoms with Gasteiger partial charge in [-0.25, -0.2) is 9.59 Å². The maximum absolute atomic E-state index is 13.1. The number of hydrogen-bond acceptors (Lipinski definition) is 5. The summed E-state index contributed by atoms with van der Waals surface area (Å²) in [5.74, 6) is -1.96. The Kier molecular flexibility index (Phi) is 9.00. The van der Waals surface area contributed by atoms with Crippen LogP contribution < -0.4 is 10.6 Å². The molecule has 0 heterocycles. The molecule has 5 rings (SSSR count). The summed E-state index contributed by atoms with van der Waals surface area (Å²) in [4.78, 5) is 37.9. The summed E-state index contributed by atoms with van der Waals surface area (Å²) in [6, 6.07) is 28.8. The highest BCUT2D eigenvalue weighted by atomic mass is 79.9. The molecule has 8 nitrogen and oxygen atoms in total. The van der Waals surface area contributed by atoms with E-state index in [2.05, 4.69) is 38.7 Å². The fourth-order valence-electron chi connectivity index (χ4n) is 5.03. The highest BCUT2D eigenvalue weighted by Crippen LogP contribution is 2.44. The number of halogens is 1. The molecule has 42 heavy (non-hydrogen) atoms. The number of anilines is 1. The van der Waals surface area contributed by atoms with Crippen molar-refractivity contribution in [2.75, 3.05) is 11.9 Å². The van der Waals surface area contributed by atoms with Crippen LogP contribution in [0.15, 0.2) is 102 Å². The molecular weight excluding hydrogens is 600 g/mol. The van der Waals surface area contributed by atoms with Crippen molar-refractivity contribution in [3.63, 3.8) is 0 Å². The third-order valence-corrected chi connectivity index (χ3v) is 7.87. The van der Waals surface area contributed by atoms with Gasteiger partial charge in [-0.1, -0.05) is 78.9 Å². The average Bonchev–Trinajstić information content (AvgIpc) is 3.32. The number of carboxylic acid groups (broad SMARTS) is 1. The lowest BCUT2D eigenvalue weighted by Crippen LogP contribution is -2.48. The van der Waals surface area contributed by atoms with Gasteiger partial charge < -0.3 is 19.9 Å². The first kappa shape index (κ1) is 29.0. The molecule has 1 aliphatic carbocycles. The summed E-state index contributed by atoms with van der Waals surface area (Å²) in [5, 5.41) is 15.0. The van der Waals surface area contributed by atoms with Crippen LogP contribution in [-0.4, -0.2) is 41.8 Å². The Balaban J connectivity index is 1.21. The molecule has 0 saturated carbocycles. The number of ether oxygens (including phenoxy) is 2. The van der Waals surface area contributed by atoms with Crippen LogP contribution in [0.2, 0.25) is 0 Å². The molecule has 0 fully saturated rings. The first-order chi connectivity index (χ1) is 20.3. The van der Waals surface area contributed by atoms with Crippen LogP contribution in [0.4, 0.5) is 10.5 Å². The van der Waals surface area contributed by atoms with E-state index >= 15 is 0 Å². The van der Waals surface area contributed by atoms with Crippen LogP contribution in [0.25, 0.3) is 11.1 Å². The minimum atomic E-state index is -1.30. The quantitative estimate of drug-likeness (QED) is 0.182. The summed E-state index contributed by atoms with van der Waals surface area (Å²) in [5.41, 5.74) is 5.81. The number of nitrogens with one attached hydrogen (secondary N) is 2. The molecule has 214 valence electrons. The van der Waals surface area contributed by atoms with Crippen LogP contribution in [-0.2, 0) is 20.9 Å². The van der Waals surface area contributed by atoms with E-state index < -0.39 is 30.1 Å². The second-order valence-electron chi connectivity index (χ2n) is 9.94. The highest BCUT2D eigenvalue weighted by Gasteiger charge is 2.30. The zero-order valence-electron chi connectivity index (χ0n) is 22.8. The predicted octanol–water partition coefficient (Wildman–Crippen LogP) is 6.60. The molecule has 9 heteroatoms. The first-order valence-corrected chi connectivity index (χ1v) is 14.2. The molecule has 3 N–H and O–H groups in total. The molecule has 0 aliphatic heterocycles. The number of carbonyl (C=O) groups is 3. The molecule has 0 spiro atoms. The highest BCUT2D eigenvalue weighted by molar-refractivity contribution is 9.10. The van der Waals surface area contributed by atoms with Crippen LogP contribution in [0.1, 0.15) is 39.9 Å². The van der Waals surface area contributed by atoms with Gasteiger partial charge >= 0.3 is 12.1 Å². The number of rotatable bonds is 10. The predicted molar refractivity (Wildman–Crippen MR) is 162 cm³/mol. The van der Waals surface area contributed by atoms with Gasteiger partial charge in [0.15, 0.2) is 6.04 Å². The number of carboxylic acids is 1. The van der Waals surface area contributed by atoms with Crippen molar-refractivity contribution in [1.29, 1.82) is 0 Å². The maximum atomic E-state index is 13.1. The van der Waals surface area contributed by atoms with Gasteiger partial charge in [-0.3, -0.25) is 10.1 Å². The van der Waals surface area contributed by atoms with Gasteiger partial charge in [0.05, 0.1) is 18.3 Å².